The van der Waals surface area contributed by atoms with Crippen molar-refractivity contribution in [1.82, 2.24) is 10.2 Å². The summed E-state index contributed by atoms with van der Waals surface area (Å²) in [5.74, 6) is 0.0385. The van der Waals surface area contributed by atoms with Gasteiger partial charge >= 0.3 is 170 Å². The molecule has 0 aliphatic carbocycles. The third-order valence-electron chi connectivity index (χ3n) is 4.96. The van der Waals surface area contributed by atoms with Crippen LogP contribution in [0.4, 0.5) is 0 Å². The van der Waals surface area contributed by atoms with Gasteiger partial charge in [-0.05, 0) is 0 Å². The van der Waals surface area contributed by atoms with Gasteiger partial charge in [-0.15, -0.1) is 0 Å². The Hall–Kier alpha value is -1.35. The Bertz CT molecular complexity index is 842. The minimum atomic E-state index is -0.179. The standard InChI is InChI=1S/C21H21AsBrN2O/c23-20-5-3-4-17-18(21(26)24-13-19(17)20)12-22-16-8-6-15(7-9-16)14-25-10-1-2-11-25/h3-9,12H,1-2,10-11,13-14H2,(H,24,26)/b18-12+. The van der Waals surface area contributed by atoms with E-state index >= 15 is 0 Å². The molecular weight excluding hydrogens is 451 g/mol. The van der Waals surface area contributed by atoms with Crippen molar-refractivity contribution in [2.24, 2.45) is 0 Å². The monoisotopic (exact) mass is 471 g/mol. The summed E-state index contributed by atoms with van der Waals surface area (Å²) in [6.45, 7) is 4.10. The Kier molecular flexibility index (Phi) is 5.63. The normalized spacial score (nSPS) is 19.3. The van der Waals surface area contributed by atoms with Crippen molar-refractivity contribution in [3.05, 3.63) is 68.5 Å². The van der Waals surface area contributed by atoms with Gasteiger partial charge in [-0.25, -0.2) is 0 Å². The molecule has 1 fully saturated rings. The fourth-order valence-corrected chi connectivity index (χ4v) is 5.83. The molecule has 0 spiro atoms. The molecule has 0 atom stereocenters. The molecule has 0 unspecified atom stereocenters. The number of hydrogen-bond acceptors (Lipinski definition) is 2. The second-order valence-corrected chi connectivity index (χ2v) is 9.79. The Labute approximate surface area is 169 Å². The number of nitrogens with one attached hydrogen (secondary N) is 1. The van der Waals surface area contributed by atoms with E-state index in [0.29, 0.717) is 6.54 Å². The van der Waals surface area contributed by atoms with Crippen LogP contribution < -0.4 is 9.67 Å². The summed E-state index contributed by atoms with van der Waals surface area (Å²) in [6.07, 6.45) is 2.66. The van der Waals surface area contributed by atoms with Crippen LogP contribution in [0.25, 0.3) is 5.57 Å². The molecule has 1 N–H and O–H groups in total. The zero-order valence-corrected chi connectivity index (χ0v) is 18.0. The number of fused-ring (bicyclic) bond motifs is 1. The van der Waals surface area contributed by atoms with E-state index in [4.69, 9.17) is 0 Å². The second kappa shape index (κ2) is 8.12. The molecule has 133 valence electrons. The van der Waals surface area contributed by atoms with Gasteiger partial charge in [0.05, 0.1) is 0 Å². The van der Waals surface area contributed by atoms with Crippen molar-refractivity contribution in [1.29, 1.82) is 0 Å². The summed E-state index contributed by atoms with van der Waals surface area (Å²) >= 11 is 3.42. The first kappa shape index (κ1) is 18.0. The molecule has 2 heterocycles. The van der Waals surface area contributed by atoms with Crippen LogP contribution in [0.5, 0.6) is 0 Å². The van der Waals surface area contributed by atoms with Gasteiger partial charge in [-0.2, -0.15) is 0 Å². The van der Waals surface area contributed by atoms with Crippen LogP contribution in [0.2, 0.25) is 0 Å². The molecule has 4 rings (SSSR count). The van der Waals surface area contributed by atoms with Gasteiger partial charge in [-0.1, -0.05) is 0 Å². The number of amides is 1. The molecule has 1 amide bonds. The Morgan fingerprint density at radius 1 is 1.12 bits per heavy atom. The number of rotatable bonds is 4. The Morgan fingerprint density at radius 3 is 2.65 bits per heavy atom. The van der Waals surface area contributed by atoms with E-state index in [1.807, 2.05) is 18.2 Å². The van der Waals surface area contributed by atoms with Gasteiger partial charge in [0.25, 0.3) is 0 Å². The van der Waals surface area contributed by atoms with E-state index in [9.17, 15) is 4.79 Å². The fourth-order valence-electron chi connectivity index (χ4n) is 3.53. The van der Waals surface area contributed by atoms with Crippen LogP contribution in [0.15, 0.2) is 51.8 Å². The van der Waals surface area contributed by atoms with Crippen molar-refractivity contribution in [2.45, 2.75) is 25.9 Å². The van der Waals surface area contributed by atoms with Gasteiger partial charge < -0.3 is 0 Å². The SMILES string of the molecule is O=C1NCc2c(Br)cccc2/C1=C\[As]c1ccc(CN2CCCC2)cc1. The van der Waals surface area contributed by atoms with Crippen LogP contribution in [0.3, 0.4) is 0 Å². The number of carbonyl (C=O) groups is 1. The minimum absolute atomic E-state index is 0.0385. The van der Waals surface area contributed by atoms with Crippen LogP contribution in [0, 0.1) is 0 Å². The summed E-state index contributed by atoms with van der Waals surface area (Å²) in [5, 5.41) is 2.99. The average Bonchev–Trinajstić information content (AvgIpc) is 3.15. The number of halogens is 1. The summed E-state index contributed by atoms with van der Waals surface area (Å²) in [6, 6.07) is 15.0. The molecule has 0 bridgehead atoms. The molecule has 1 saturated heterocycles. The van der Waals surface area contributed by atoms with E-state index < -0.39 is 0 Å². The van der Waals surface area contributed by atoms with Gasteiger partial charge in [0.2, 0.25) is 0 Å². The van der Waals surface area contributed by atoms with E-state index in [2.05, 4.69) is 55.3 Å². The fraction of sp³-hybridized carbons (Fsp3) is 0.286. The Morgan fingerprint density at radius 2 is 1.88 bits per heavy atom. The van der Waals surface area contributed by atoms with E-state index in [1.165, 1.54) is 41.4 Å². The molecular formula is C21H21AsBrN2O. The van der Waals surface area contributed by atoms with Crippen molar-refractivity contribution in [3.8, 4) is 0 Å². The number of likely N-dealkylation sites (tertiary alicyclic amines) is 1. The predicted molar refractivity (Wildman–Crippen MR) is 110 cm³/mol. The number of carbonyl (C=O) groups excluding carboxylic acids is 1. The van der Waals surface area contributed by atoms with Gasteiger partial charge in [0.15, 0.2) is 0 Å². The number of hydrogen-bond donors (Lipinski definition) is 1. The first-order valence-electron chi connectivity index (χ1n) is 8.99. The van der Waals surface area contributed by atoms with Gasteiger partial charge in [-0.3, -0.25) is 0 Å². The number of nitrogens with zero attached hydrogens (tertiary/aromatic N) is 1. The summed E-state index contributed by atoms with van der Waals surface area (Å²) in [7, 11) is 0. The maximum atomic E-state index is 12.4. The zero-order valence-electron chi connectivity index (χ0n) is 14.5. The third-order valence-corrected chi connectivity index (χ3v) is 7.77. The molecule has 26 heavy (non-hydrogen) atoms. The predicted octanol–water partition coefficient (Wildman–Crippen LogP) is 3.05. The van der Waals surface area contributed by atoms with E-state index in [0.717, 1.165) is 22.2 Å². The molecule has 2 aromatic carbocycles. The quantitative estimate of drug-likeness (QED) is 0.549. The topological polar surface area (TPSA) is 32.3 Å². The van der Waals surface area contributed by atoms with Gasteiger partial charge in [0.1, 0.15) is 0 Å². The zero-order chi connectivity index (χ0) is 17.9. The van der Waals surface area contributed by atoms with E-state index in [-0.39, 0.29) is 21.7 Å². The van der Waals surface area contributed by atoms with Crippen LogP contribution >= 0.6 is 15.9 Å². The van der Waals surface area contributed by atoms with Crippen molar-refractivity contribution in [2.75, 3.05) is 13.1 Å². The third kappa shape index (κ3) is 3.98. The molecule has 0 saturated carbocycles. The molecule has 5 heteroatoms. The second-order valence-electron chi connectivity index (χ2n) is 6.77. The van der Waals surface area contributed by atoms with Crippen molar-refractivity contribution in [3.63, 3.8) is 0 Å². The van der Waals surface area contributed by atoms with Crippen LogP contribution in [-0.2, 0) is 17.9 Å². The summed E-state index contributed by atoms with van der Waals surface area (Å²) < 4.78 is 2.39. The van der Waals surface area contributed by atoms with Gasteiger partial charge in [0, 0.05) is 0 Å². The molecule has 1 radical (unpaired) electrons. The molecule has 0 aromatic heterocycles. The van der Waals surface area contributed by atoms with E-state index in [1.54, 1.807) is 0 Å². The summed E-state index contributed by atoms with van der Waals surface area (Å²) in [5.41, 5.74) is 4.42. The number of benzene rings is 2. The maximum absolute atomic E-state index is 12.4. The van der Waals surface area contributed by atoms with Crippen LogP contribution in [0.1, 0.15) is 29.5 Å². The van der Waals surface area contributed by atoms with Crippen molar-refractivity contribution >= 4 is 47.5 Å². The molecule has 2 aliphatic rings. The molecule has 3 nitrogen and oxygen atoms in total. The molecule has 2 aromatic rings. The molecule has 2 aliphatic heterocycles. The van der Waals surface area contributed by atoms with Crippen LogP contribution in [-0.4, -0.2) is 39.6 Å². The first-order valence-corrected chi connectivity index (χ1v) is 11.8. The summed E-state index contributed by atoms with van der Waals surface area (Å²) in [4.78, 5) is 17.0. The Balaban J connectivity index is 1.49. The first-order chi connectivity index (χ1) is 12.7. The van der Waals surface area contributed by atoms with Crippen molar-refractivity contribution < 1.29 is 4.79 Å². The average molecular weight is 472 g/mol.